The van der Waals surface area contributed by atoms with Crippen LogP contribution in [0, 0.1) is 23.7 Å². The van der Waals surface area contributed by atoms with Gasteiger partial charge in [-0.15, -0.1) is 0 Å². The van der Waals surface area contributed by atoms with E-state index >= 15 is 0 Å². The molecule has 2 aliphatic heterocycles. The zero-order valence-corrected chi connectivity index (χ0v) is 30.8. The van der Waals surface area contributed by atoms with Crippen molar-refractivity contribution in [3.63, 3.8) is 0 Å². The van der Waals surface area contributed by atoms with E-state index in [9.17, 15) is 34.2 Å². The number of hydrogen-bond acceptors (Lipinski definition) is 13. The lowest BCUT2D eigenvalue weighted by Crippen LogP contribution is -2.60. The fourth-order valence-corrected chi connectivity index (χ4v) is 7.14. The zero-order valence-electron chi connectivity index (χ0n) is 30.8. The lowest BCUT2D eigenvalue weighted by molar-refractivity contribution is -0.295. The van der Waals surface area contributed by atoms with E-state index in [-0.39, 0.29) is 49.6 Å². The molecule has 0 amide bonds. The molecular formula is C35H59NO12. The van der Waals surface area contributed by atoms with Gasteiger partial charge in [0.1, 0.15) is 30.0 Å². The molecule has 276 valence electrons. The maximum atomic E-state index is 14.0. The lowest BCUT2D eigenvalue weighted by Gasteiger charge is -2.47. The van der Waals surface area contributed by atoms with Gasteiger partial charge in [-0.25, -0.2) is 0 Å². The Morgan fingerprint density at radius 2 is 1.54 bits per heavy atom. The van der Waals surface area contributed by atoms with Gasteiger partial charge in [-0.05, 0) is 61.1 Å². The van der Waals surface area contributed by atoms with Crippen LogP contribution in [0.1, 0.15) is 94.9 Å². The molecule has 2 saturated heterocycles. The molecule has 2 N–H and O–H groups in total. The predicted molar refractivity (Wildman–Crippen MR) is 175 cm³/mol. The molecule has 48 heavy (non-hydrogen) atoms. The second kappa shape index (κ2) is 17.1. The van der Waals surface area contributed by atoms with Crippen LogP contribution in [0.3, 0.4) is 0 Å². The minimum atomic E-state index is -1.93. The summed E-state index contributed by atoms with van der Waals surface area (Å²) in [4.78, 5) is 67.8. The molecule has 13 nitrogen and oxygen atoms in total. The average Bonchev–Trinajstić information content (AvgIpc) is 3.00. The fourth-order valence-electron chi connectivity index (χ4n) is 7.14. The first-order chi connectivity index (χ1) is 22.1. The van der Waals surface area contributed by atoms with Crippen LogP contribution in [0.4, 0.5) is 0 Å². The quantitative estimate of drug-likeness (QED) is 0.268. The number of likely N-dealkylation sites (N-methyl/N-ethyl adjacent to an activating group) is 1. The van der Waals surface area contributed by atoms with Crippen molar-refractivity contribution in [1.29, 1.82) is 0 Å². The summed E-state index contributed by atoms with van der Waals surface area (Å²) in [6.07, 6.45) is -5.61. The van der Waals surface area contributed by atoms with Gasteiger partial charge in [-0.2, -0.15) is 0 Å². The van der Waals surface area contributed by atoms with Gasteiger partial charge in [-0.3, -0.25) is 24.0 Å². The largest absolute Gasteiger partial charge is 0.459 e. The maximum Gasteiger partial charge on any atom is 0.316 e. The smallest absolute Gasteiger partial charge is 0.316 e. The number of hydrogen-bond donors (Lipinski definition) is 2. The Balaban J connectivity index is 2.67. The third-order valence-corrected chi connectivity index (χ3v) is 9.91. The van der Waals surface area contributed by atoms with E-state index < -0.39 is 83.3 Å². The van der Waals surface area contributed by atoms with Crippen molar-refractivity contribution in [3.05, 3.63) is 0 Å². The number of carbonyl (C=O) groups is 5. The second-order valence-corrected chi connectivity index (χ2v) is 14.5. The number of cyclic esters (lactones) is 1. The highest BCUT2D eigenvalue weighted by Crippen LogP contribution is 2.38. The molecule has 0 unspecified atom stereocenters. The maximum absolute atomic E-state index is 14.0. The summed E-state index contributed by atoms with van der Waals surface area (Å²) < 4.78 is 29.9. The molecule has 2 rings (SSSR count). The monoisotopic (exact) mass is 685 g/mol. The molecule has 2 heterocycles. The molecule has 0 aromatic heterocycles. The van der Waals surface area contributed by atoms with Crippen LogP contribution < -0.4 is 0 Å². The van der Waals surface area contributed by atoms with E-state index in [1.807, 2.05) is 25.9 Å². The first-order valence-electron chi connectivity index (χ1n) is 17.1. The van der Waals surface area contributed by atoms with E-state index in [4.69, 9.17) is 23.7 Å². The Morgan fingerprint density at radius 1 is 0.958 bits per heavy atom. The highest BCUT2D eigenvalue weighted by molar-refractivity contribution is 6.00. The van der Waals surface area contributed by atoms with Crippen LogP contribution >= 0.6 is 0 Å². The van der Waals surface area contributed by atoms with Gasteiger partial charge in [-0.1, -0.05) is 34.6 Å². The van der Waals surface area contributed by atoms with Crippen molar-refractivity contribution in [2.45, 2.75) is 149 Å². The number of Topliss-reactive ketones (excluding diaryl/α,β-unsaturated/α-hetero) is 3. The van der Waals surface area contributed by atoms with Crippen molar-refractivity contribution in [2.75, 3.05) is 20.7 Å². The van der Waals surface area contributed by atoms with Crippen molar-refractivity contribution in [2.24, 2.45) is 23.7 Å². The van der Waals surface area contributed by atoms with Crippen LogP contribution in [-0.2, 0) is 47.7 Å². The van der Waals surface area contributed by atoms with Crippen molar-refractivity contribution in [3.8, 4) is 0 Å². The SMILES string of the molecule is CCC(=O)CO[C@@H]1[C@@H](C)C(=O)[C@H](C)C[C@@](C)(O)[C@H](O[C@@H]2O[C@H](C)C[C@H](N(C)C)[C@H]2OC(C)=O)[C@@H](C)C(=O)[C@@H](C)C(=O)O[C@H](CC)[C@@]1(C)O. The molecule has 0 bridgehead atoms. The third-order valence-electron chi connectivity index (χ3n) is 9.91. The van der Waals surface area contributed by atoms with Gasteiger partial charge in [0.15, 0.2) is 24.0 Å². The molecular weight excluding hydrogens is 626 g/mol. The first-order valence-corrected chi connectivity index (χ1v) is 17.1. The van der Waals surface area contributed by atoms with Gasteiger partial charge in [0, 0.05) is 31.1 Å². The Labute approximate surface area is 285 Å². The Bertz CT molecular complexity index is 1150. The summed E-state index contributed by atoms with van der Waals surface area (Å²) in [6.45, 7) is 15.0. The molecule has 13 atom stereocenters. The summed E-state index contributed by atoms with van der Waals surface area (Å²) in [5.41, 5.74) is -3.79. The van der Waals surface area contributed by atoms with Crippen LogP contribution in [0.5, 0.6) is 0 Å². The topological polar surface area (TPSA) is 175 Å². The summed E-state index contributed by atoms with van der Waals surface area (Å²) in [7, 11) is 3.66. The molecule has 0 radical (unpaired) electrons. The zero-order chi connectivity index (χ0) is 36.9. The molecule has 2 aliphatic rings. The van der Waals surface area contributed by atoms with Gasteiger partial charge in [0.25, 0.3) is 0 Å². The molecule has 0 saturated carbocycles. The van der Waals surface area contributed by atoms with E-state index in [0.29, 0.717) is 6.42 Å². The van der Waals surface area contributed by atoms with Gasteiger partial charge in [0.2, 0.25) is 0 Å². The number of nitrogens with zero attached hydrogens (tertiary/aromatic N) is 1. The lowest BCUT2D eigenvalue weighted by atomic mass is 9.74. The van der Waals surface area contributed by atoms with Crippen molar-refractivity contribution in [1.82, 2.24) is 4.90 Å². The molecule has 13 heteroatoms. The minimum Gasteiger partial charge on any atom is -0.459 e. The van der Waals surface area contributed by atoms with Crippen LogP contribution in [0.15, 0.2) is 0 Å². The number of ether oxygens (including phenoxy) is 5. The van der Waals surface area contributed by atoms with E-state index in [1.165, 1.54) is 34.6 Å². The number of rotatable bonds is 9. The molecule has 2 fully saturated rings. The normalized spacial score (nSPS) is 40.6. The average molecular weight is 686 g/mol. The molecule has 0 aromatic carbocycles. The Hall–Kier alpha value is -2.29. The van der Waals surface area contributed by atoms with Crippen LogP contribution in [0.2, 0.25) is 0 Å². The van der Waals surface area contributed by atoms with Gasteiger partial charge < -0.3 is 38.8 Å². The fraction of sp³-hybridized carbons (Fsp3) is 0.857. The number of esters is 2. The highest BCUT2D eigenvalue weighted by atomic mass is 16.7. The summed E-state index contributed by atoms with van der Waals surface area (Å²) in [6, 6.07) is -0.317. The highest BCUT2D eigenvalue weighted by Gasteiger charge is 2.52. The Kier molecular flexibility index (Phi) is 14.9. The second-order valence-electron chi connectivity index (χ2n) is 14.5. The number of aliphatic hydroxyl groups is 2. The van der Waals surface area contributed by atoms with E-state index in [0.717, 1.165) is 0 Å². The molecule has 0 aromatic rings. The van der Waals surface area contributed by atoms with Gasteiger partial charge >= 0.3 is 11.9 Å². The van der Waals surface area contributed by atoms with Gasteiger partial charge in [0.05, 0.1) is 30.0 Å². The minimum absolute atomic E-state index is 0.121. The van der Waals surface area contributed by atoms with E-state index in [2.05, 4.69) is 0 Å². The third kappa shape index (κ3) is 9.91. The first kappa shape index (κ1) is 41.9. The van der Waals surface area contributed by atoms with Crippen LogP contribution in [-0.4, -0.2) is 119 Å². The summed E-state index contributed by atoms with van der Waals surface area (Å²) >= 11 is 0. The Morgan fingerprint density at radius 3 is 2.06 bits per heavy atom. The predicted octanol–water partition coefficient (Wildman–Crippen LogP) is 2.64. The van der Waals surface area contributed by atoms with Crippen molar-refractivity contribution < 1.29 is 57.9 Å². The number of ketones is 3. The van der Waals surface area contributed by atoms with Crippen LogP contribution in [0.25, 0.3) is 0 Å². The molecule has 0 aliphatic carbocycles. The summed E-state index contributed by atoms with van der Waals surface area (Å²) in [5, 5.41) is 23.9. The number of carbonyl (C=O) groups excluding carboxylic acids is 5. The molecule has 0 spiro atoms. The standard InChI is InChI=1S/C35H59NO12/c1-13-24(38)17-44-31-20(5)27(39)18(3)16-34(9,42)30(21(6)28(40)22(7)32(41)47-26(14-2)35(31,10)43)48-33-29(46-23(8)37)25(36(11)12)15-19(4)45-33/h18-22,25-26,29-31,33,42-43H,13-17H2,1-12H3/t18-,19-,20+,21+,22-,25+,26-,29-,30-,31-,33+,34-,35-/m1/s1. The van der Waals surface area contributed by atoms with Crippen molar-refractivity contribution >= 4 is 29.3 Å². The van der Waals surface area contributed by atoms with E-state index in [1.54, 1.807) is 27.7 Å². The summed E-state index contributed by atoms with van der Waals surface area (Å²) in [5.74, 6) is -7.04.